The van der Waals surface area contributed by atoms with E-state index in [1.807, 2.05) is 11.8 Å². The minimum absolute atomic E-state index is 0.114. The number of amides is 1. The molecule has 102 valence electrons. The fourth-order valence-electron chi connectivity index (χ4n) is 3.77. The van der Waals surface area contributed by atoms with E-state index in [0.717, 1.165) is 30.4 Å². The van der Waals surface area contributed by atoms with Gasteiger partial charge in [0, 0.05) is 30.1 Å². The Hall–Kier alpha value is -0.220. The van der Waals surface area contributed by atoms with Crippen LogP contribution in [0.3, 0.4) is 0 Å². The largest absolute Gasteiger partial charge is 0.337 e. The molecule has 3 fully saturated rings. The maximum Gasteiger partial charge on any atom is 0.240 e. The van der Waals surface area contributed by atoms with Crippen LogP contribution in [0.1, 0.15) is 39.0 Å². The van der Waals surface area contributed by atoms with Crippen LogP contribution in [0.5, 0.6) is 0 Å². The second kappa shape index (κ2) is 5.41. The van der Waals surface area contributed by atoms with Crippen molar-refractivity contribution in [1.29, 1.82) is 0 Å². The summed E-state index contributed by atoms with van der Waals surface area (Å²) in [6.07, 6.45) is 6.39. The third-order valence-electron chi connectivity index (χ3n) is 4.81. The van der Waals surface area contributed by atoms with Crippen LogP contribution in [0.4, 0.5) is 0 Å². The second-order valence-corrected chi connectivity index (χ2v) is 7.21. The Balaban J connectivity index is 1.62. The number of hydrogen-bond donors (Lipinski definition) is 1. The zero-order valence-corrected chi connectivity index (χ0v) is 12.0. The maximum atomic E-state index is 12.6. The number of carbonyl (C=O) groups is 1. The van der Waals surface area contributed by atoms with Gasteiger partial charge >= 0.3 is 0 Å². The van der Waals surface area contributed by atoms with Crippen molar-refractivity contribution in [3.63, 3.8) is 0 Å². The molecule has 0 aromatic carbocycles. The lowest BCUT2D eigenvalue weighted by atomic mass is 9.85. The zero-order valence-electron chi connectivity index (χ0n) is 11.2. The van der Waals surface area contributed by atoms with Crippen LogP contribution in [-0.4, -0.2) is 47.0 Å². The molecule has 3 rings (SSSR count). The van der Waals surface area contributed by atoms with Crippen molar-refractivity contribution >= 4 is 17.7 Å². The third-order valence-corrected chi connectivity index (χ3v) is 6.00. The number of hydrogen-bond acceptors (Lipinski definition) is 3. The highest BCUT2D eigenvalue weighted by atomic mass is 32.2. The Morgan fingerprint density at radius 2 is 2.17 bits per heavy atom. The molecule has 4 heteroatoms. The SMILES string of the molecule is CC1CSCCN1C(=O)C1CC2CCCCC2N1. The predicted molar refractivity (Wildman–Crippen MR) is 75.8 cm³/mol. The normalized spacial score (nSPS) is 40.6. The standard InChI is InChI=1S/C14H24N2OS/c1-10-9-18-7-6-16(10)14(17)13-8-11-4-2-3-5-12(11)15-13/h10-13,15H,2-9H2,1H3. The molecule has 2 saturated heterocycles. The Bertz CT molecular complexity index is 309. The molecule has 1 N–H and O–H groups in total. The van der Waals surface area contributed by atoms with Crippen molar-refractivity contribution in [3.05, 3.63) is 0 Å². The quantitative estimate of drug-likeness (QED) is 0.788. The van der Waals surface area contributed by atoms with Gasteiger partial charge in [0.2, 0.25) is 5.91 Å². The van der Waals surface area contributed by atoms with E-state index >= 15 is 0 Å². The molecule has 0 aromatic heterocycles. The monoisotopic (exact) mass is 268 g/mol. The molecule has 0 radical (unpaired) electrons. The van der Waals surface area contributed by atoms with E-state index < -0.39 is 0 Å². The van der Waals surface area contributed by atoms with E-state index in [0.29, 0.717) is 18.0 Å². The molecule has 2 heterocycles. The molecule has 1 aliphatic carbocycles. The number of fused-ring (bicyclic) bond motifs is 1. The minimum atomic E-state index is 0.114. The van der Waals surface area contributed by atoms with Crippen LogP contribution in [0.25, 0.3) is 0 Å². The van der Waals surface area contributed by atoms with E-state index in [1.54, 1.807) is 0 Å². The summed E-state index contributed by atoms with van der Waals surface area (Å²) in [6, 6.07) is 1.16. The topological polar surface area (TPSA) is 32.3 Å². The zero-order chi connectivity index (χ0) is 12.5. The van der Waals surface area contributed by atoms with Crippen LogP contribution in [0, 0.1) is 5.92 Å². The van der Waals surface area contributed by atoms with Gasteiger partial charge < -0.3 is 10.2 Å². The van der Waals surface area contributed by atoms with E-state index in [-0.39, 0.29) is 6.04 Å². The van der Waals surface area contributed by atoms with Gasteiger partial charge in [0.15, 0.2) is 0 Å². The van der Waals surface area contributed by atoms with Gasteiger partial charge in [-0.2, -0.15) is 11.8 Å². The van der Waals surface area contributed by atoms with Crippen molar-refractivity contribution in [1.82, 2.24) is 10.2 Å². The molecule has 1 amide bonds. The van der Waals surface area contributed by atoms with Gasteiger partial charge in [-0.15, -0.1) is 0 Å². The number of nitrogens with zero attached hydrogens (tertiary/aromatic N) is 1. The lowest BCUT2D eigenvalue weighted by molar-refractivity contribution is -0.134. The van der Waals surface area contributed by atoms with Gasteiger partial charge in [0.25, 0.3) is 0 Å². The summed E-state index contributed by atoms with van der Waals surface area (Å²) in [5.41, 5.74) is 0. The summed E-state index contributed by atoms with van der Waals surface area (Å²) in [6.45, 7) is 3.13. The first-order chi connectivity index (χ1) is 8.75. The van der Waals surface area contributed by atoms with Gasteiger partial charge in [0.05, 0.1) is 6.04 Å². The number of nitrogens with one attached hydrogen (secondary N) is 1. The van der Waals surface area contributed by atoms with Crippen LogP contribution >= 0.6 is 11.8 Å². The maximum absolute atomic E-state index is 12.6. The van der Waals surface area contributed by atoms with Gasteiger partial charge in [-0.05, 0) is 32.1 Å². The summed E-state index contributed by atoms with van der Waals surface area (Å²) in [7, 11) is 0. The number of carbonyl (C=O) groups excluding carboxylic acids is 1. The molecule has 0 spiro atoms. The van der Waals surface area contributed by atoms with Crippen LogP contribution in [-0.2, 0) is 4.79 Å². The first kappa shape index (κ1) is 12.8. The third kappa shape index (κ3) is 2.42. The molecule has 18 heavy (non-hydrogen) atoms. The highest BCUT2D eigenvalue weighted by Crippen LogP contribution is 2.34. The fourth-order valence-corrected chi connectivity index (χ4v) is 4.78. The number of rotatable bonds is 1. The van der Waals surface area contributed by atoms with Crippen LogP contribution in [0.15, 0.2) is 0 Å². The molecular formula is C14H24N2OS. The molecule has 1 saturated carbocycles. The van der Waals surface area contributed by atoms with Gasteiger partial charge in [0.1, 0.15) is 0 Å². The molecule has 2 aliphatic heterocycles. The van der Waals surface area contributed by atoms with Gasteiger partial charge in [-0.25, -0.2) is 0 Å². The van der Waals surface area contributed by atoms with E-state index in [9.17, 15) is 4.79 Å². The molecule has 4 atom stereocenters. The molecule has 0 aromatic rings. The fraction of sp³-hybridized carbons (Fsp3) is 0.929. The average Bonchev–Trinajstić information content (AvgIpc) is 2.82. The second-order valence-electron chi connectivity index (χ2n) is 6.06. The first-order valence-corrected chi connectivity index (χ1v) is 8.55. The predicted octanol–water partition coefficient (Wildman–Crippen LogP) is 1.87. The Kier molecular flexibility index (Phi) is 3.85. The average molecular weight is 268 g/mol. The summed E-state index contributed by atoms with van der Waals surface area (Å²) in [5, 5.41) is 3.61. The van der Waals surface area contributed by atoms with Crippen molar-refractivity contribution < 1.29 is 4.79 Å². The highest BCUT2D eigenvalue weighted by Gasteiger charge is 2.40. The molecule has 3 aliphatic rings. The summed E-state index contributed by atoms with van der Waals surface area (Å²) in [4.78, 5) is 14.7. The molecule has 0 bridgehead atoms. The Morgan fingerprint density at radius 1 is 1.33 bits per heavy atom. The van der Waals surface area contributed by atoms with Crippen molar-refractivity contribution in [2.45, 2.75) is 57.2 Å². The highest BCUT2D eigenvalue weighted by molar-refractivity contribution is 7.99. The van der Waals surface area contributed by atoms with Crippen LogP contribution < -0.4 is 5.32 Å². The van der Waals surface area contributed by atoms with E-state index in [4.69, 9.17) is 0 Å². The lowest BCUT2D eigenvalue weighted by Gasteiger charge is -2.35. The Morgan fingerprint density at radius 3 is 2.94 bits per heavy atom. The van der Waals surface area contributed by atoms with Gasteiger partial charge in [-0.1, -0.05) is 12.8 Å². The summed E-state index contributed by atoms with van der Waals surface area (Å²) < 4.78 is 0. The van der Waals surface area contributed by atoms with Gasteiger partial charge in [-0.3, -0.25) is 4.79 Å². The van der Waals surface area contributed by atoms with E-state index in [2.05, 4.69) is 17.1 Å². The van der Waals surface area contributed by atoms with Crippen molar-refractivity contribution in [3.8, 4) is 0 Å². The minimum Gasteiger partial charge on any atom is -0.337 e. The molecule has 3 nitrogen and oxygen atoms in total. The van der Waals surface area contributed by atoms with Crippen molar-refractivity contribution in [2.75, 3.05) is 18.1 Å². The molecule has 4 unspecified atom stereocenters. The smallest absolute Gasteiger partial charge is 0.240 e. The van der Waals surface area contributed by atoms with Crippen LogP contribution in [0.2, 0.25) is 0 Å². The summed E-state index contributed by atoms with van der Waals surface area (Å²) in [5.74, 6) is 3.35. The lowest BCUT2D eigenvalue weighted by Crippen LogP contribution is -2.51. The van der Waals surface area contributed by atoms with Crippen molar-refractivity contribution in [2.24, 2.45) is 5.92 Å². The Labute approximate surface area is 114 Å². The first-order valence-electron chi connectivity index (χ1n) is 7.40. The summed E-state index contributed by atoms with van der Waals surface area (Å²) >= 11 is 1.97. The molecular weight excluding hydrogens is 244 g/mol. The number of thioether (sulfide) groups is 1. The van der Waals surface area contributed by atoms with E-state index in [1.165, 1.54) is 25.7 Å².